The highest BCUT2D eigenvalue weighted by atomic mass is 19.4. The fourth-order valence-electron chi connectivity index (χ4n) is 1.85. The van der Waals surface area contributed by atoms with Crippen LogP contribution in [0.25, 0.3) is 0 Å². The lowest BCUT2D eigenvalue weighted by Crippen LogP contribution is -2.41. The number of carbonyl (C=O) groups is 2. The number of alkyl halides is 3. The first kappa shape index (κ1) is 17.1. The molecule has 0 spiro atoms. The van der Waals surface area contributed by atoms with Gasteiger partial charge in [0.2, 0.25) is 0 Å². The lowest BCUT2D eigenvalue weighted by Gasteiger charge is -2.16. The van der Waals surface area contributed by atoms with Crippen LogP contribution in [0.2, 0.25) is 0 Å². The minimum Gasteiger partial charge on any atom is -0.480 e. The molecule has 118 valence electrons. The van der Waals surface area contributed by atoms with E-state index in [9.17, 15) is 22.8 Å². The summed E-state index contributed by atoms with van der Waals surface area (Å²) >= 11 is 0. The highest BCUT2D eigenvalue weighted by Gasteiger charge is 2.30. The Labute approximate surface area is 119 Å². The highest BCUT2D eigenvalue weighted by molar-refractivity contribution is 5.95. The number of rotatable bonds is 7. The minimum atomic E-state index is -4.46. The smallest absolute Gasteiger partial charge is 0.406 e. The van der Waals surface area contributed by atoms with E-state index in [1.54, 1.807) is 0 Å². The monoisotopic (exact) mass is 306 g/mol. The largest absolute Gasteiger partial charge is 0.480 e. The topological polar surface area (TPSA) is 71.3 Å². The molecule has 0 saturated carbocycles. The first-order valence-electron chi connectivity index (χ1n) is 6.50. The molecule has 1 atom stereocenters. The number of unbranched alkanes of at least 4 members (excludes halogenated alkanes) is 1. The van der Waals surface area contributed by atoms with E-state index in [4.69, 9.17) is 5.11 Å². The van der Waals surface area contributed by atoms with Crippen LogP contribution in [0.1, 0.15) is 36.7 Å². The fourth-order valence-corrected chi connectivity index (χ4v) is 1.85. The summed E-state index contributed by atoms with van der Waals surface area (Å²) in [4.78, 5) is 23.0. The summed E-state index contributed by atoms with van der Waals surface area (Å²) in [6.07, 6.45) is -1.74. The SMILES string of the molecule is CCCCC(NC(=O)c1cccn1CC(F)(F)F)C(=O)O. The molecule has 1 unspecified atom stereocenters. The van der Waals surface area contributed by atoms with Crippen molar-refractivity contribution in [3.8, 4) is 0 Å². The summed E-state index contributed by atoms with van der Waals surface area (Å²) in [5, 5.41) is 11.3. The van der Waals surface area contributed by atoms with Gasteiger partial charge in [-0.3, -0.25) is 4.79 Å². The summed E-state index contributed by atoms with van der Waals surface area (Å²) in [6, 6.07) is 1.43. The van der Waals surface area contributed by atoms with Gasteiger partial charge in [-0.1, -0.05) is 19.8 Å². The second kappa shape index (κ2) is 7.14. The molecule has 1 aromatic rings. The number of aromatic nitrogens is 1. The van der Waals surface area contributed by atoms with Crippen molar-refractivity contribution in [1.29, 1.82) is 0 Å². The standard InChI is InChI=1S/C13H17F3N2O3/c1-2-3-5-9(12(20)21)17-11(19)10-6-4-7-18(10)8-13(14,15)16/h4,6-7,9H,2-3,5,8H2,1H3,(H,17,19)(H,20,21). The van der Waals surface area contributed by atoms with E-state index in [0.29, 0.717) is 6.42 Å². The van der Waals surface area contributed by atoms with E-state index in [0.717, 1.165) is 17.2 Å². The van der Waals surface area contributed by atoms with Crippen LogP contribution in [-0.2, 0) is 11.3 Å². The third-order valence-corrected chi connectivity index (χ3v) is 2.86. The fraction of sp³-hybridized carbons (Fsp3) is 0.538. The van der Waals surface area contributed by atoms with Gasteiger partial charge in [-0.15, -0.1) is 0 Å². The van der Waals surface area contributed by atoms with E-state index in [-0.39, 0.29) is 12.1 Å². The van der Waals surface area contributed by atoms with Crippen molar-refractivity contribution in [3.05, 3.63) is 24.0 Å². The molecule has 0 saturated heterocycles. The van der Waals surface area contributed by atoms with Crippen LogP contribution < -0.4 is 5.32 Å². The van der Waals surface area contributed by atoms with Crippen LogP contribution in [0.5, 0.6) is 0 Å². The Bertz CT molecular complexity index is 497. The second-order valence-electron chi connectivity index (χ2n) is 4.64. The van der Waals surface area contributed by atoms with Gasteiger partial charge in [0.1, 0.15) is 18.3 Å². The van der Waals surface area contributed by atoms with Crippen molar-refractivity contribution in [2.45, 2.75) is 44.9 Å². The first-order chi connectivity index (χ1) is 9.74. The van der Waals surface area contributed by atoms with Gasteiger partial charge in [0.05, 0.1) is 0 Å². The number of amides is 1. The van der Waals surface area contributed by atoms with E-state index in [1.165, 1.54) is 12.1 Å². The maximum atomic E-state index is 12.4. The molecular formula is C13H17F3N2O3. The molecule has 0 bridgehead atoms. The number of carboxylic acids is 1. The molecular weight excluding hydrogens is 289 g/mol. The van der Waals surface area contributed by atoms with Crippen molar-refractivity contribution in [2.75, 3.05) is 0 Å². The van der Waals surface area contributed by atoms with Crippen LogP contribution in [0.4, 0.5) is 13.2 Å². The number of hydrogen-bond acceptors (Lipinski definition) is 2. The van der Waals surface area contributed by atoms with E-state index >= 15 is 0 Å². The molecule has 1 heterocycles. The van der Waals surface area contributed by atoms with Gasteiger partial charge in [0.25, 0.3) is 5.91 Å². The normalized spacial score (nSPS) is 13.0. The predicted octanol–water partition coefficient (Wildman–Crippen LogP) is 2.42. The Balaban J connectivity index is 2.79. The van der Waals surface area contributed by atoms with Crippen LogP contribution in [0, 0.1) is 0 Å². The zero-order chi connectivity index (χ0) is 16.0. The van der Waals surface area contributed by atoms with E-state index < -0.39 is 30.6 Å². The summed E-state index contributed by atoms with van der Waals surface area (Å²) in [7, 11) is 0. The number of nitrogens with zero attached hydrogens (tertiary/aromatic N) is 1. The first-order valence-corrected chi connectivity index (χ1v) is 6.50. The molecule has 8 heteroatoms. The number of aliphatic carboxylic acids is 1. The maximum absolute atomic E-state index is 12.4. The van der Waals surface area contributed by atoms with Crippen molar-refractivity contribution in [1.82, 2.24) is 9.88 Å². The van der Waals surface area contributed by atoms with Crippen molar-refractivity contribution >= 4 is 11.9 Å². The van der Waals surface area contributed by atoms with Crippen LogP contribution in [0.3, 0.4) is 0 Å². The lowest BCUT2D eigenvalue weighted by molar-refractivity contribution is -0.141. The average Bonchev–Trinajstić information content (AvgIpc) is 2.79. The van der Waals surface area contributed by atoms with Gasteiger partial charge in [0.15, 0.2) is 0 Å². The zero-order valence-corrected chi connectivity index (χ0v) is 11.5. The molecule has 2 N–H and O–H groups in total. The molecule has 0 radical (unpaired) electrons. The molecule has 1 rings (SSSR count). The Morgan fingerprint density at radius 3 is 2.62 bits per heavy atom. The maximum Gasteiger partial charge on any atom is 0.406 e. The van der Waals surface area contributed by atoms with Crippen LogP contribution >= 0.6 is 0 Å². The molecule has 0 aromatic carbocycles. The lowest BCUT2D eigenvalue weighted by atomic mass is 10.1. The predicted molar refractivity (Wildman–Crippen MR) is 68.9 cm³/mol. The molecule has 0 aliphatic carbocycles. The Hall–Kier alpha value is -1.99. The minimum absolute atomic E-state index is 0.213. The average molecular weight is 306 g/mol. The van der Waals surface area contributed by atoms with Gasteiger partial charge < -0.3 is 15.0 Å². The van der Waals surface area contributed by atoms with Gasteiger partial charge in [0, 0.05) is 6.20 Å². The third-order valence-electron chi connectivity index (χ3n) is 2.86. The van der Waals surface area contributed by atoms with Gasteiger partial charge >= 0.3 is 12.1 Å². The van der Waals surface area contributed by atoms with E-state index in [1.807, 2.05) is 6.92 Å². The Morgan fingerprint density at radius 2 is 2.10 bits per heavy atom. The quantitative estimate of drug-likeness (QED) is 0.812. The van der Waals surface area contributed by atoms with Crippen molar-refractivity contribution in [3.63, 3.8) is 0 Å². The Kier molecular flexibility index (Phi) is 5.80. The number of hydrogen-bond donors (Lipinski definition) is 2. The molecule has 0 fully saturated rings. The van der Waals surface area contributed by atoms with Gasteiger partial charge in [-0.05, 0) is 18.6 Å². The van der Waals surface area contributed by atoms with Crippen molar-refractivity contribution in [2.24, 2.45) is 0 Å². The zero-order valence-electron chi connectivity index (χ0n) is 11.5. The summed E-state index contributed by atoms with van der Waals surface area (Å²) in [5.41, 5.74) is -0.213. The summed E-state index contributed by atoms with van der Waals surface area (Å²) < 4.78 is 37.9. The molecule has 5 nitrogen and oxygen atoms in total. The van der Waals surface area contributed by atoms with Gasteiger partial charge in [-0.2, -0.15) is 13.2 Å². The number of nitrogens with one attached hydrogen (secondary N) is 1. The van der Waals surface area contributed by atoms with Crippen LogP contribution in [0.15, 0.2) is 18.3 Å². The molecule has 1 aromatic heterocycles. The molecule has 0 aliphatic rings. The third kappa shape index (κ3) is 5.49. The second-order valence-corrected chi connectivity index (χ2v) is 4.64. The van der Waals surface area contributed by atoms with E-state index in [2.05, 4.69) is 5.32 Å². The molecule has 21 heavy (non-hydrogen) atoms. The van der Waals surface area contributed by atoms with Crippen LogP contribution in [-0.4, -0.2) is 33.8 Å². The number of carboxylic acid groups (broad SMARTS) is 1. The Morgan fingerprint density at radius 1 is 1.43 bits per heavy atom. The van der Waals surface area contributed by atoms with Gasteiger partial charge in [-0.25, -0.2) is 4.79 Å². The summed E-state index contributed by atoms with van der Waals surface area (Å²) in [6.45, 7) is 0.574. The molecule has 0 aliphatic heterocycles. The number of halogens is 3. The summed E-state index contributed by atoms with van der Waals surface area (Å²) in [5.74, 6) is -2.03. The molecule has 1 amide bonds. The number of carbonyl (C=O) groups excluding carboxylic acids is 1. The highest BCUT2D eigenvalue weighted by Crippen LogP contribution is 2.19. The van der Waals surface area contributed by atoms with Crippen molar-refractivity contribution < 1.29 is 27.9 Å².